The molecule has 2 aromatic heterocycles. The number of rotatable bonds is 7. The summed E-state index contributed by atoms with van der Waals surface area (Å²) in [4.78, 5) is 5.85. The van der Waals surface area contributed by atoms with Crippen molar-refractivity contribution in [2.75, 3.05) is 32.7 Å². The van der Waals surface area contributed by atoms with Crippen LogP contribution in [0.1, 0.15) is 6.42 Å². The van der Waals surface area contributed by atoms with Crippen LogP contribution in [0.15, 0.2) is 42.5 Å². The molecule has 2 heterocycles. The predicted molar refractivity (Wildman–Crippen MR) is 113 cm³/mol. The summed E-state index contributed by atoms with van der Waals surface area (Å²) in [5.74, 6) is 1.81. The van der Waals surface area contributed by atoms with Crippen LogP contribution in [0.5, 0.6) is 5.75 Å². The van der Waals surface area contributed by atoms with Crippen LogP contribution >= 0.6 is 22.9 Å². The zero-order valence-electron chi connectivity index (χ0n) is 15.2. The van der Waals surface area contributed by atoms with Crippen molar-refractivity contribution >= 4 is 43.9 Å². The average molecular weight is 402 g/mol. The molecule has 4 rings (SSSR count). The molecule has 0 unspecified atom stereocenters. The van der Waals surface area contributed by atoms with Crippen molar-refractivity contribution in [1.82, 2.24) is 9.38 Å². The number of nitrogens with one attached hydrogen (secondary N) is 1. The Balaban J connectivity index is 1.83. The smallest absolute Gasteiger partial charge is 0.197 e. The number of imidazole rings is 1. The molecule has 0 saturated heterocycles. The molecule has 0 atom stereocenters. The molecule has 0 bridgehead atoms. The van der Waals surface area contributed by atoms with E-state index in [2.05, 4.69) is 9.72 Å². The lowest BCUT2D eigenvalue weighted by atomic mass is 10.1. The molecule has 0 spiro atoms. The molecule has 5 nitrogen and oxygen atoms in total. The SMILES string of the molecule is COCCCNc1c(-c2ccc(OC)cc2)nc2sc3cc(Cl)ccc3n12. The van der Waals surface area contributed by atoms with Gasteiger partial charge in [-0.2, -0.15) is 0 Å². The standard InChI is InChI=1S/C20H20ClN3O2S/c1-25-11-3-10-22-19-18(13-4-7-15(26-2)8-5-13)23-20-24(19)16-9-6-14(21)12-17(16)27-20/h4-9,12,22H,3,10-11H2,1-2H3. The van der Waals surface area contributed by atoms with Crippen LogP contribution in [-0.2, 0) is 4.74 Å². The Labute approximate surface area is 166 Å². The summed E-state index contributed by atoms with van der Waals surface area (Å²) in [6.45, 7) is 1.52. The third-order valence-electron chi connectivity index (χ3n) is 4.39. The number of thiazole rings is 1. The van der Waals surface area contributed by atoms with E-state index in [1.807, 2.05) is 42.5 Å². The number of anilines is 1. The first-order valence-corrected chi connectivity index (χ1v) is 9.88. The van der Waals surface area contributed by atoms with Crippen LogP contribution in [0.3, 0.4) is 0 Å². The van der Waals surface area contributed by atoms with Crippen LogP contribution in [0, 0.1) is 0 Å². The van der Waals surface area contributed by atoms with Crippen LogP contribution in [-0.4, -0.2) is 36.8 Å². The fraction of sp³-hybridized carbons (Fsp3) is 0.250. The van der Waals surface area contributed by atoms with Gasteiger partial charge in [-0.15, -0.1) is 0 Å². The summed E-state index contributed by atoms with van der Waals surface area (Å²) < 4.78 is 13.7. The van der Waals surface area contributed by atoms with Gasteiger partial charge in [-0.05, 0) is 48.9 Å². The van der Waals surface area contributed by atoms with Crippen molar-refractivity contribution in [3.8, 4) is 17.0 Å². The van der Waals surface area contributed by atoms with Crippen molar-refractivity contribution < 1.29 is 9.47 Å². The Kier molecular flexibility index (Phi) is 5.20. The molecule has 27 heavy (non-hydrogen) atoms. The van der Waals surface area contributed by atoms with Gasteiger partial charge in [0.1, 0.15) is 17.3 Å². The summed E-state index contributed by atoms with van der Waals surface area (Å²) in [5.41, 5.74) is 3.07. The third kappa shape index (κ3) is 3.48. The van der Waals surface area contributed by atoms with E-state index in [1.165, 1.54) is 0 Å². The summed E-state index contributed by atoms with van der Waals surface area (Å²) >= 11 is 7.80. The second-order valence-electron chi connectivity index (χ2n) is 6.14. The van der Waals surface area contributed by atoms with Crippen molar-refractivity contribution in [2.45, 2.75) is 6.42 Å². The van der Waals surface area contributed by atoms with Gasteiger partial charge >= 0.3 is 0 Å². The maximum Gasteiger partial charge on any atom is 0.197 e. The highest BCUT2D eigenvalue weighted by Gasteiger charge is 2.18. The summed E-state index contributed by atoms with van der Waals surface area (Å²) in [6, 6.07) is 13.9. The highest BCUT2D eigenvalue weighted by molar-refractivity contribution is 7.23. The summed E-state index contributed by atoms with van der Waals surface area (Å²) in [7, 11) is 3.39. The fourth-order valence-electron chi connectivity index (χ4n) is 3.08. The van der Waals surface area contributed by atoms with E-state index in [-0.39, 0.29) is 0 Å². The molecule has 140 valence electrons. The first-order chi connectivity index (χ1) is 13.2. The minimum Gasteiger partial charge on any atom is -0.497 e. The Morgan fingerprint density at radius 2 is 1.96 bits per heavy atom. The second kappa shape index (κ2) is 7.76. The van der Waals surface area contributed by atoms with Crippen molar-refractivity contribution in [2.24, 2.45) is 0 Å². The quantitative estimate of drug-likeness (QED) is 0.425. The van der Waals surface area contributed by atoms with Crippen LogP contribution in [0.4, 0.5) is 5.82 Å². The largest absolute Gasteiger partial charge is 0.497 e. The minimum absolute atomic E-state index is 0.715. The number of hydrogen-bond acceptors (Lipinski definition) is 5. The molecule has 0 aliphatic carbocycles. The van der Waals surface area contributed by atoms with E-state index in [9.17, 15) is 0 Å². The number of aromatic nitrogens is 2. The first-order valence-electron chi connectivity index (χ1n) is 8.69. The van der Waals surface area contributed by atoms with Crippen molar-refractivity contribution in [3.63, 3.8) is 0 Å². The lowest BCUT2D eigenvalue weighted by Crippen LogP contribution is -2.07. The van der Waals surface area contributed by atoms with Gasteiger partial charge in [0.25, 0.3) is 0 Å². The lowest BCUT2D eigenvalue weighted by molar-refractivity contribution is 0.198. The molecule has 2 aromatic carbocycles. The highest BCUT2D eigenvalue weighted by atomic mass is 35.5. The maximum atomic E-state index is 6.16. The zero-order valence-corrected chi connectivity index (χ0v) is 16.7. The van der Waals surface area contributed by atoms with Gasteiger partial charge in [-0.3, -0.25) is 4.40 Å². The molecule has 0 aliphatic heterocycles. The van der Waals surface area contributed by atoms with E-state index in [4.69, 9.17) is 26.1 Å². The Hall–Kier alpha value is -2.28. The van der Waals surface area contributed by atoms with Gasteiger partial charge in [0, 0.05) is 30.8 Å². The van der Waals surface area contributed by atoms with Gasteiger partial charge < -0.3 is 14.8 Å². The molecular weight excluding hydrogens is 382 g/mol. The number of benzene rings is 2. The van der Waals surface area contributed by atoms with Gasteiger partial charge in [-0.25, -0.2) is 4.98 Å². The number of ether oxygens (including phenoxy) is 2. The topological polar surface area (TPSA) is 47.8 Å². The number of fused-ring (bicyclic) bond motifs is 3. The fourth-order valence-corrected chi connectivity index (χ4v) is 4.38. The molecule has 1 N–H and O–H groups in total. The second-order valence-corrected chi connectivity index (χ2v) is 7.59. The van der Waals surface area contributed by atoms with E-state index < -0.39 is 0 Å². The van der Waals surface area contributed by atoms with Gasteiger partial charge in [-0.1, -0.05) is 22.9 Å². The molecule has 0 amide bonds. The monoisotopic (exact) mass is 401 g/mol. The van der Waals surface area contributed by atoms with Crippen molar-refractivity contribution in [3.05, 3.63) is 47.5 Å². The summed E-state index contributed by atoms with van der Waals surface area (Å²) in [6.07, 6.45) is 0.916. The molecule has 0 saturated carbocycles. The number of halogens is 1. The van der Waals surface area contributed by atoms with Crippen LogP contribution in [0.2, 0.25) is 5.02 Å². The van der Waals surface area contributed by atoms with Gasteiger partial charge in [0.15, 0.2) is 4.96 Å². The van der Waals surface area contributed by atoms with Crippen molar-refractivity contribution in [1.29, 1.82) is 0 Å². The number of methoxy groups -OCH3 is 2. The van der Waals surface area contributed by atoms with Crippen LogP contribution in [0.25, 0.3) is 26.4 Å². The molecule has 0 fully saturated rings. The zero-order chi connectivity index (χ0) is 18.8. The lowest BCUT2D eigenvalue weighted by Gasteiger charge is -2.09. The highest BCUT2D eigenvalue weighted by Crippen LogP contribution is 2.37. The molecule has 7 heteroatoms. The van der Waals surface area contributed by atoms with Crippen LogP contribution < -0.4 is 10.1 Å². The predicted octanol–water partition coefficient (Wildman–Crippen LogP) is 5.33. The maximum absolute atomic E-state index is 6.16. The molecule has 0 radical (unpaired) electrons. The first kappa shape index (κ1) is 18.1. The van der Waals surface area contributed by atoms with Gasteiger partial charge in [0.2, 0.25) is 0 Å². The third-order valence-corrected chi connectivity index (χ3v) is 5.63. The Morgan fingerprint density at radius 3 is 2.70 bits per heavy atom. The Morgan fingerprint density at radius 1 is 1.15 bits per heavy atom. The molecule has 4 aromatic rings. The Bertz CT molecular complexity index is 1070. The summed E-state index contributed by atoms with van der Waals surface area (Å²) in [5, 5.41) is 4.29. The number of nitrogens with zero attached hydrogens (tertiary/aromatic N) is 2. The van der Waals surface area contributed by atoms with Gasteiger partial charge in [0.05, 0.1) is 17.3 Å². The van der Waals surface area contributed by atoms with E-state index >= 15 is 0 Å². The molecule has 0 aliphatic rings. The molecular formula is C20H20ClN3O2S. The van der Waals surface area contributed by atoms with E-state index in [0.29, 0.717) is 6.61 Å². The van der Waals surface area contributed by atoms with E-state index in [0.717, 1.165) is 56.0 Å². The normalized spacial score (nSPS) is 11.4. The van der Waals surface area contributed by atoms with E-state index in [1.54, 1.807) is 25.6 Å². The number of hydrogen-bond donors (Lipinski definition) is 1. The average Bonchev–Trinajstić information content (AvgIpc) is 3.21. The minimum atomic E-state index is 0.715.